The Morgan fingerprint density at radius 1 is 1.10 bits per heavy atom. The highest BCUT2D eigenvalue weighted by Gasteiger charge is 2.40. The van der Waals surface area contributed by atoms with Crippen LogP contribution in [0.15, 0.2) is 0 Å². The van der Waals surface area contributed by atoms with Gasteiger partial charge in [0.2, 0.25) is 0 Å². The lowest BCUT2D eigenvalue weighted by atomic mass is 9.79. The van der Waals surface area contributed by atoms with Crippen molar-refractivity contribution in [2.45, 2.75) is 70.6 Å². The summed E-state index contributed by atoms with van der Waals surface area (Å²) in [5, 5.41) is 2.95. The third kappa shape index (κ3) is 4.79. The van der Waals surface area contributed by atoms with Crippen LogP contribution in [0, 0.1) is 11.8 Å². The predicted octanol–water partition coefficient (Wildman–Crippen LogP) is 2.55. The average molecular weight is 298 g/mol. The number of nitrogens with one attached hydrogen (secondary N) is 1. The highest BCUT2D eigenvalue weighted by molar-refractivity contribution is 5.68. The first-order chi connectivity index (χ1) is 9.73. The van der Waals surface area contributed by atoms with Gasteiger partial charge in [0.05, 0.1) is 0 Å². The highest BCUT2D eigenvalue weighted by Crippen LogP contribution is 2.43. The second kappa shape index (κ2) is 6.12. The summed E-state index contributed by atoms with van der Waals surface area (Å²) in [6, 6.07) is 0.147. The minimum atomic E-state index is -0.693. The van der Waals surface area contributed by atoms with Crippen molar-refractivity contribution in [2.24, 2.45) is 17.6 Å². The molecule has 4 atom stereocenters. The van der Waals surface area contributed by atoms with E-state index in [1.54, 1.807) is 0 Å². The SMILES string of the molecule is CC(C)(C)OC(=O)NC1CCC2C[C@@H](OC(N)=O)C[C@@H]2C1. The van der Waals surface area contributed by atoms with E-state index in [1.807, 2.05) is 20.8 Å². The van der Waals surface area contributed by atoms with Crippen LogP contribution in [-0.4, -0.2) is 29.9 Å². The van der Waals surface area contributed by atoms with Gasteiger partial charge in [-0.05, 0) is 64.7 Å². The third-order valence-corrected chi connectivity index (χ3v) is 4.27. The summed E-state index contributed by atoms with van der Waals surface area (Å²) in [5.41, 5.74) is 4.60. The van der Waals surface area contributed by atoms with Crippen molar-refractivity contribution < 1.29 is 19.1 Å². The molecule has 3 N–H and O–H groups in total. The first-order valence-corrected chi connectivity index (χ1v) is 7.68. The predicted molar refractivity (Wildman–Crippen MR) is 77.7 cm³/mol. The Labute approximate surface area is 125 Å². The first-order valence-electron chi connectivity index (χ1n) is 7.68. The van der Waals surface area contributed by atoms with Crippen LogP contribution in [0.2, 0.25) is 0 Å². The molecule has 21 heavy (non-hydrogen) atoms. The largest absolute Gasteiger partial charge is 0.446 e. The molecule has 2 aliphatic rings. The summed E-state index contributed by atoms with van der Waals surface area (Å²) in [5.74, 6) is 1.06. The summed E-state index contributed by atoms with van der Waals surface area (Å²) in [6.07, 6.45) is 3.55. The van der Waals surface area contributed by atoms with Crippen LogP contribution in [-0.2, 0) is 9.47 Å². The van der Waals surface area contributed by atoms with Gasteiger partial charge in [-0.1, -0.05) is 0 Å². The molecule has 0 aromatic rings. The number of alkyl carbamates (subject to hydrolysis) is 1. The number of nitrogens with two attached hydrogens (primary N) is 1. The fourth-order valence-corrected chi connectivity index (χ4v) is 3.56. The molecule has 0 bridgehead atoms. The van der Waals surface area contributed by atoms with Gasteiger partial charge in [-0.3, -0.25) is 0 Å². The smallest absolute Gasteiger partial charge is 0.407 e. The van der Waals surface area contributed by atoms with Crippen molar-refractivity contribution in [2.75, 3.05) is 0 Å². The molecule has 2 saturated carbocycles. The van der Waals surface area contributed by atoms with Gasteiger partial charge in [0.15, 0.2) is 0 Å². The zero-order valence-electron chi connectivity index (χ0n) is 13.1. The van der Waals surface area contributed by atoms with Crippen LogP contribution in [0.5, 0.6) is 0 Å². The second-order valence-electron chi connectivity index (χ2n) is 7.21. The quantitative estimate of drug-likeness (QED) is 0.819. The molecule has 0 aromatic heterocycles. The fourth-order valence-electron chi connectivity index (χ4n) is 3.56. The van der Waals surface area contributed by atoms with E-state index in [2.05, 4.69) is 5.32 Å². The summed E-state index contributed by atoms with van der Waals surface area (Å²) in [6.45, 7) is 5.56. The number of carbonyl (C=O) groups excluding carboxylic acids is 2. The van der Waals surface area contributed by atoms with E-state index in [0.717, 1.165) is 32.1 Å². The normalized spacial score (nSPS) is 32.1. The van der Waals surface area contributed by atoms with Gasteiger partial charge in [0.25, 0.3) is 0 Å². The number of amides is 2. The molecule has 2 fully saturated rings. The molecule has 2 aliphatic carbocycles. The van der Waals surface area contributed by atoms with Gasteiger partial charge >= 0.3 is 12.2 Å². The molecule has 0 aromatic carbocycles. The lowest BCUT2D eigenvalue weighted by Gasteiger charge is -2.32. The van der Waals surface area contributed by atoms with Crippen LogP contribution in [0.3, 0.4) is 0 Å². The molecule has 6 nitrogen and oxygen atoms in total. The molecule has 0 aliphatic heterocycles. The summed E-state index contributed by atoms with van der Waals surface area (Å²) < 4.78 is 10.4. The van der Waals surface area contributed by atoms with E-state index in [9.17, 15) is 9.59 Å². The molecule has 2 amide bonds. The van der Waals surface area contributed by atoms with Gasteiger partial charge in [-0.25, -0.2) is 9.59 Å². The van der Waals surface area contributed by atoms with Gasteiger partial charge in [-0.2, -0.15) is 0 Å². The van der Waals surface area contributed by atoms with Crippen LogP contribution in [0.4, 0.5) is 9.59 Å². The molecule has 0 spiro atoms. The van der Waals surface area contributed by atoms with E-state index < -0.39 is 11.7 Å². The van der Waals surface area contributed by atoms with Crippen molar-refractivity contribution in [3.05, 3.63) is 0 Å². The van der Waals surface area contributed by atoms with E-state index in [-0.39, 0.29) is 18.2 Å². The number of hydrogen-bond acceptors (Lipinski definition) is 4. The number of primary amides is 1. The number of rotatable bonds is 2. The van der Waals surface area contributed by atoms with Crippen molar-refractivity contribution in [3.63, 3.8) is 0 Å². The van der Waals surface area contributed by atoms with Crippen LogP contribution < -0.4 is 11.1 Å². The lowest BCUT2D eigenvalue weighted by Crippen LogP contribution is -2.42. The molecular formula is C15H26N2O4. The van der Waals surface area contributed by atoms with Crippen LogP contribution in [0.1, 0.15) is 52.9 Å². The first kappa shape index (κ1) is 15.9. The maximum Gasteiger partial charge on any atom is 0.407 e. The zero-order chi connectivity index (χ0) is 15.6. The van der Waals surface area contributed by atoms with Gasteiger partial charge in [0, 0.05) is 6.04 Å². The van der Waals surface area contributed by atoms with Gasteiger partial charge in [-0.15, -0.1) is 0 Å². The van der Waals surface area contributed by atoms with Gasteiger partial charge in [0.1, 0.15) is 11.7 Å². The number of carbonyl (C=O) groups is 2. The number of ether oxygens (including phenoxy) is 2. The van der Waals surface area contributed by atoms with Crippen LogP contribution >= 0.6 is 0 Å². The molecule has 6 heteroatoms. The fraction of sp³-hybridized carbons (Fsp3) is 0.867. The van der Waals surface area contributed by atoms with E-state index >= 15 is 0 Å². The maximum atomic E-state index is 11.8. The average Bonchev–Trinajstić information content (AvgIpc) is 2.66. The number of hydrogen-bond donors (Lipinski definition) is 2. The topological polar surface area (TPSA) is 90.7 Å². The maximum absolute atomic E-state index is 11.8. The van der Waals surface area contributed by atoms with Crippen molar-refractivity contribution in [3.8, 4) is 0 Å². The van der Waals surface area contributed by atoms with E-state index in [0.29, 0.717) is 11.8 Å². The Bertz CT molecular complexity index is 405. The summed E-state index contributed by atoms with van der Waals surface area (Å²) in [4.78, 5) is 22.6. The Morgan fingerprint density at radius 3 is 2.38 bits per heavy atom. The molecule has 2 rings (SSSR count). The Hall–Kier alpha value is -1.46. The Kier molecular flexibility index (Phi) is 4.64. The summed E-state index contributed by atoms with van der Waals surface area (Å²) >= 11 is 0. The van der Waals surface area contributed by atoms with E-state index in [1.165, 1.54) is 0 Å². The molecular weight excluding hydrogens is 272 g/mol. The minimum Gasteiger partial charge on any atom is -0.446 e. The minimum absolute atomic E-state index is 0.0576. The summed E-state index contributed by atoms with van der Waals surface area (Å²) in [7, 11) is 0. The molecule has 0 heterocycles. The Balaban J connectivity index is 1.80. The van der Waals surface area contributed by atoms with Crippen LogP contribution in [0.25, 0.3) is 0 Å². The van der Waals surface area contributed by atoms with Crippen molar-refractivity contribution in [1.29, 1.82) is 0 Å². The van der Waals surface area contributed by atoms with Crippen molar-refractivity contribution in [1.82, 2.24) is 5.32 Å². The third-order valence-electron chi connectivity index (χ3n) is 4.27. The number of fused-ring (bicyclic) bond motifs is 1. The van der Waals surface area contributed by atoms with Gasteiger partial charge < -0.3 is 20.5 Å². The second-order valence-corrected chi connectivity index (χ2v) is 7.21. The Morgan fingerprint density at radius 2 is 1.76 bits per heavy atom. The molecule has 0 saturated heterocycles. The molecule has 120 valence electrons. The van der Waals surface area contributed by atoms with Crippen molar-refractivity contribution >= 4 is 12.2 Å². The zero-order valence-corrected chi connectivity index (χ0v) is 13.1. The molecule has 0 radical (unpaired) electrons. The monoisotopic (exact) mass is 298 g/mol. The molecule has 2 unspecified atom stereocenters. The lowest BCUT2D eigenvalue weighted by molar-refractivity contribution is 0.0476. The highest BCUT2D eigenvalue weighted by atomic mass is 16.6. The standard InChI is InChI=1S/C15H26N2O4/c1-15(2,3)21-14(19)17-11-5-4-9-7-12(20-13(16)18)8-10(9)6-11/h9-12H,4-8H2,1-3H3,(H2,16,18)(H,17,19)/t9?,10-,11?,12+/m0/s1. The van der Waals surface area contributed by atoms with E-state index in [4.69, 9.17) is 15.2 Å².